The smallest absolute Gasteiger partial charge is 0.340 e. The molecule has 0 spiro atoms. The Hall–Kier alpha value is -2.39. The van der Waals surface area contributed by atoms with Gasteiger partial charge >= 0.3 is 5.97 Å². The lowest BCUT2D eigenvalue weighted by Crippen LogP contribution is -2.24. The highest BCUT2D eigenvalue weighted by atomic mass is 35.5. The van der Waals surface area contributed by atoms with Gasteiger partial charge in [0.1, 0.15) is 5.56 Å². The molecule has 0 saturated heterocycles. The lowest BCUT2D eigenvalue weighted by atomic mass is 10.0. The summed E-state index contributed by atoms with van der Waals surface area (Å²) in [5.41, 5.74) is -1.34. The SMILES string of the molecule is COC(=O)c1c(S(C)(=O)=O)ccc(C(=O)c2c[nH]n(C(C)C)c2=O)c1Cl. The number of ether oxygens (including phenoxy) is 1. The van der Waals surface area contributed by atoms with Crippen LogP contribution >= 0.6 is 11.6 Å². The van der Waals surface area contributed by atoms with Gasteiger partial charge in [0.15, 0.2) is 9.84 Å². The number of methoxy groups -OCH3 is 1. The molecule has 140 valence electrons. The van der Waals surface area contributed by atoms with E-state index in [0.29, 0.717) is 0 Å². The molecule has 2 aromatic rings. The third-order valence-corrected chi connectivity index (χ3v) is 5.23. The number of ketones is 1. The summed E-state index contributed by atoms with van der Waals surface area (Å²) in [4.78, 5) is 36.7. The third-order valence-electron chi connectivity index (χ3n) is 3.70. The summed E-state index contributed by atoms with van der Waals surface area (Å²) in [5.74, 6) is -1.74. The van der Waals surface area contributed by atoms with Gasteiger partial charge in [0.2, 0.25) is 5.78 Å². The number of H-pyrrole nitrogens is 1. The van der Waals surface area contributed by atoms with Gasteiger partial charge in [-0.25, -0.2) is 13.2 Å². The van der Waals surface area contributed by atoms with Crippen molar-refractivity contribution in [2.24, 2.45) is 0 Å². The van der Waals surface area contributed by atoms with Crippen molar-refractivity contribution in [2.75, 3.05) is 13.4 Å². The van der Waals surface area contributed by atoms with E-state index in [2.05, 4.69) is 9.84 Å². The fraction of sp³-hybridized carbons (Fsp3) is 0.312. The fourth-order valence-electron chi connectivity index (χ4n) is 2.41. The fourth-order valence-corrected chi connectivity index (χ4v) is 3.67. The van der Waals surface area contributed by atoms with Crippen molar-refractivity contribution >= 4 is 33.2 Å². The van der Waals surface area contributed by atoms with Gasteiger partial charge in [-0.2, -0.15) is 0 Å². The average molecular weight is 401 g/mol. The zero-order chi connectivity index (χ0) is 19.8. The second-order valence-corrected chi connectivity index (χ2v) is 8.21. The third kappa shape index (κ3) is 3.45. The number of carbonyl (C=O) groups is 2. The van der Waals surface area contributed by atoms with E-state index in [0.717, 1.165) is 19.4 Å². The summed E-state index contributed by atoms with van der Waals surface area (Å²) in [5, 5.41) is 2.29. The topological polar surface area (TPSA) is 115 Å². The van der Waals surface area contributed by atoms with E-state index in [9.17, 15) is 22.8 Å². The number of aromatic nitrogens is 2. The Kier molecular flexibility index (Phi) is 5.43. The number of hydrogen-bond donors (Lipinski definition) is 1. The zero-order valence-electron chi connectivity index (χ0n) is 14.5. The van der Waals surface area contributed by atoms with Crippen LogP contribution in [0.2, 0.25) is 5.02 Å². The molecule has 0 unspecified atom stereocenters. The molecule has 0 atom stereocenters. The molecule has 0 aliphatic carbocycles. The maximum absolute atomic E-state index is 12.7. The van der Waals surface area contributed by atoms with Crippen LogP contribution in [0.25, 0.3) is 0 Å². The molecule has 0 radical (unpaired) electrons. The number of aromatic amines is 1. The molecule has 0 amide bonds. The highest BCUT2D eigenvalue weighted by Gasteiger charge is 2.28. The van der Waals surface area contributed by atoms with Gasteiger partial charge in [0, 0.05) is 24.1 Å². The Bertz CT molecular complexity index is 1050. The standard InChI is InChI=1S/C16H17ClN2O6S/c1-8(2)19-15(21)10(7-18-19)14(20)9-5-6-11(26(4,23)24)12(13(9)17)16(22)25-3/h5-8,18H,1-4H3. The van der Waals surface area contributed by atoms with E-state index in [-0.39, 0.29) is 27.1 Å². The van der Waals surface area contributed by atoms with Crippen molar-refractivity contribution in [3.05, 3.63) is 50.4 Å². The average Bonchev–Trinajstić information content (AvgIpc) is 2.94. The Morgan fingerprint density at radius 1 is 1.23 bits per heavy atom. The quantitative estimate of drug-likeness (QED) is 0.604. The van der Waals surface area contributed by atoms with Crippen molar-refractivity contribution in [3.8, 4) is 0 Å². The number of esters is 1. The summed E-state index contributed by atoms with van der Waals surface area (Å²) in [7, 11) is -2.74. The first kappa shape index (κ1) is 19.9. The van der Waals surface area contributed by atoms with Crippen molar-refractivity contribution in [2.45, 2.75) is 24.8 Å². The molecular formula is C16H17ClN2O6S. The second kappa shape index (κ2) is 7.08. The molecule has 10 heteroatoms. The maximum atomic E-state index is 12.7. The van der Waals surface area contributed by atoms with Crippen LogP contribution in [0.1, 0.15) is 46.2 Å². The van der Waals surface area contributed by atoms with Crippen molar-refractivity contribution in [1.82, 2.24) is 9.78 Å². The van der Waals surface area contributed by atoms with Gasteiger partial charge in [0.05, 0.1) is 22.6 Å². The molecular weight excluding hydrogens is 384 g/mol. The maximum Gasteiger partial charge on any atom is 0.340 e. The Morgan fingerprint density at radius 3 is 2.31 bits per heavy atom. The molecule has 26 heavy (non-hydrogen) atoms. The number of halogens is 1. The van der Waals surface area contributed by atoms with Crippen LogP contribution in [-0.2, 0) is 14.6 Å². The predicted molar refractivity (Wildman–Crippen MR) is 94.8 cm³/mol. The van der Waals surface area contributed by atoms with Crippen molar-refractivity contribution in [3.63, 3.8) is 0 Å². The molecule has 8 nitrogen and oxygen atoms in total. The van der Waals surface area contributed by atoms with Crippen LogP contribution in [0.3, 0.4) is 0 Å². The molecule has 0 aliphatic heterocycles. The van der Waals surface area contributed by atoms with Crippen LogP contribution in [-0.4, -0.2) is 43.3 Å². The minimum Gasteiger partial charge on any atom is -0.465 e. The molecule has 0 bridgehead atoms. The van der Waals surface area contributed by atoms with E-state index < -0.39 is 32.7 Å². The van der Waals surface area contributed by atoms with Crippen LogP contribution in [0.5, 0.6) is 0 Å². The van der Waals surface area contributed by atoms with E-state index >= 15 is 0 Å². The molecule has 0 fully saturated rings. The monoisotopic (exact) mass is 400 g/mol. The summed E-state index contributed by atoms with van der Waals surface area (Å²) in [6, 6.07) is 2.06. The summed E-state index contributed by atoms with van der Waals surface area (Å²) in [6.45, 7) is 3.52. The number of carbonyl (C=O) groups excluding carboxylic acids is 2. The van der Waals surface area contributed by atoms with Crippen molar-refractivity contribution in [1.29, 1.82) is 0 Å². The van der Waals surface area contributed by atoms with Gasteiger partial charge < -0.3 is 9.84 Å². The van der Waals surface area contributed by atoms with Gasteiger partial charge in [-0.1, -0.05) is 11.6 Å². The number of nitrogens with zero attached hydrogens (tertiary/aromatic N) is 1. The van der Waals surface area contributed by atoms with E-state index in [1.54, 1.807) is 13.8 Å². The summed E-state index contributed by atoms with van der Waals surface area (Å²) < 4.78 is 29.6. The van der Waals surface area contributed by atoms with Gasteiger partial charge in [-0.05, 0) is 26.0 Å². The molecule has 0 aliphatic rings. The first-order chi connectivity index (χ1) is 12.0. The van der Waals surface area contributed by atoms with Gasteiger partial charge in [-0.3, -0.25) is 14.3 Å². The molecule has 1 aromatic carbocycles. The summed E-state index contributed by atoms with van der Waals surface area (Å²) in [6.07, 6.45) is 2.14. The lowest BCUT2D eigenvalue weighted by molar-refractivity contribution is 0.0596. The van der Waals surface area contributed by atoms with Crippen LogP contribution in [0.4, 0.5) is 0 Å². The highest BCUT2D eigenvalue weighted by molar-refractivity contribution is 7.90. The normalized spacial score (nSPS) is 11.6. The number of nitrogens with one attached hydrogen (secondary N) is 1. The van der Waals surface area contributed by atoms with Crippen LogP contribution in [0.15, 0.2) is 28.0 Å². The molecule has 0 saturated carbocycles. The number of sulfone groups is 1. The second-order valence-electron chi connectivity index (χ2n) is 5.85. The first-order valence-electron chi connectivity index (χ1n) is 7.46. The summed E-state index contributed by atoms with van der Waals surface area (Å²) >= 11 is 6.15. The minimum absolute atomic E-state index is 0.175. The van der Waals surface area contributed by atoms with Crippen molar-refractivity contribution < 1.29 is 22.7 Å². The van der Waals surface area contributed by atoms with Crippen LogP contribution < -0.4 is 5.56 Å². The zero-order valence-corrected chi connectivity index (χ0v) is 16.1. The Balaban J connectivity index is 2.70. The van der Waals surface area contributed by atoms with Gasteiger partial charge in [-0.15, -0.1) is 0 Å². The molecule has 2 rings (SSSR count). The van der Waals surface area contributed by atoms with Gasteiger partial charge in [0.25, 0.3) is 5.56 Å². The Morgan fingerprint density at radius 2 is 1.85 bits per heavy atom. The lowest BCUT2D eigenvalue weighted by Gasteiger charge is -2.11. The van der Waals surface area contributed by atoms with E-state index in [4.69, 9.17) is 11.6 Å². The highest BCUT2D eigenvalue weighted by Crippen LogP contribution is 2.30. The number of hydrogen-bond acceptors (Lipinski definition) is 6. The molecule has 1 N–H and O–H groups in total. The largest absolute Gasteiger partial charge is 0.465 e. The van der Waals surface area contributed by atoms with E-state index in [1.165, 1.54) is 16.9 Å². The van der Waals surface area contributed by atoms with E-state index in [1.807, 2.05) is 0 Å². The molecule has 1 heterocycles. The first-order valence-corrected chi connectivity index (χ1v) is 9.73. The number of rotatable bonds is 5. The minimum atomic E-state index is -3.80. The van der Waals surface area contributed by atoms with Crippen LogP contribution in [0, 0.1) is 0 Å². The molecule has 1 aromatic heterocycles. The predicted octanol–water partition coefficient (Wildman–Crippen LogP) is 1.83. The Labute approximate surface area is 154 Å². The number of benzene rings is 1.